The first-order chi connectivity index (χ1) is 8.66. The molecule has 6 heteroatoms. The Morgan fingerprint density at radius 1 is 1.28 bits per heavy atom. The highest BCUT2D eigenvalue weighted by Gasteiger charge is 2.12. The third-order valence-corrected chi connectivity index (χ3v) is 2.46. The topological polar surface area (TPSA) is 82.3 Å². The molecule has 1 aromatic heterocycles. The Labute approximate surface area is 108 Å². The molecular weight excluding hydrogens is 232 g/mol. The zero-order valence-electron chi connectivity index (χ0n) is 11.3. The van der Waals surface area contributed by atoms with Gasteiger partial charge in [0.25, 0.3) is 0 Å². The standard InChI is InChI=1S/C12H22N4O2/c1-9(2)10-11(13)15-8-16-12(10)14-4-5-18-7-6-17-3/h8-9H,4-7H2,1-3H3,(H3,13,14,15,16). The fourth-order valence-corrected chi connectivity index (χ4v) is 1.61. The van der Waals surface area contributed by atoms with Gasteiger partial charge in [-0.15, -0.1) is 0 Å². The third kappa shape index (κ3) is 4.46. The molecule has 1 rings (SSSR count). The second-order valence-corrected chi connectivity index (χ2v) is 4.21. The molecule has 0 aromatic carbocycles. The van der Waals surface area contributed by atoms with E-state index in [0.29, 0.717) is 32.2 Å². The first-order valence-corrected chi connectivity index (χ1v) is 6.07. The van der Waals surface area contributed by atoms with Crippen molar-refractivity contribution in [3.8, 4) is 0 Å². The minimum atomic E-state index is 0.281. The third-order valence-electron chi connectivity index (χ3n) is 2.46. The Kier molecular flexibility index (Phi) is 6.38. The number of methoxy groups -OCH3 is 1. The molecule has 0 unspecified atom stereocenters. The van der Waals surface area contributed by atoms with E-state index < -0.39 is 0 Å². The molecule has 3 N–H and O–H groups in total. The number of hydrogen-bond acceptors (Lipinski definition) is 6. The lowest BCUT2D eigenvalue weighted by Gasteiger charge is -2.14. The van der Waals surface area contributed by atoms with Crippen LogP contribution in [0, 0.1) is 0 Å². The highest BCUT2D eigenvalue weighted by Crippen LogP contribution is 2.25. The Balaban J connectivity index is 2.44. The van der Waals surface area contributed by atoms with Crippen LogP contribution in [0.25, 0.3) is 0 Å². The van der Waals surface area contributed by atoms with Gasteiger partial charge in [-0.3, -0.25) is 0 Å². The number of rotatable bonds is 8. The Hall–Kier alpha value is -1.40. The summed E-state index contributed by atoms with van der Waals surface area (Å²) in [7, 11) is 1.65. The van der Waals surface area contributed by atoms with E-state index >= 15 is 0 Å². The monoisotopic (exact) mass is 254 g/mol. The summed E-state index contributed by atoms with van der Waals surface area (Å²) in [5.74, 6) is 1.60. The highest BCUT2D eigenvalue weighted by atomic mass is 16.5. The van der Waals surface area contributed by atoms with Crippen molar-refractivity contribution >= 4 is 11.6 Å². The van der Waals surface area contributed by atoms with Crippen molar-refractivity contribution in [3.63, 3.8) is 0 Å². The summed E-state index contributed by atoms with van der Waals surface area (Å²) in [5, 5.41) is 3.22. The number of hydrogen-bond donors (Lipinski definition) is 2. The fraction of sp³-hybridized carbons (Fsp3) is 0.667. The van der Waals surface area contributed by atoms with Gasteiger partial charge < -0.3 is 20.5 Å². The summed E-state index contributed by atoms with van der Waals surface area (Å²) in [6.07, 6.45) is 1.47. The molecule has 0 aliphatic rings. The number of nitrogens with one attached hydrogen (secondary N) is 1. The van der Waals surface area contributed by atoms with Gasteiger partial charge in [0.1, 0.15) is 18.0 Å². The largest absolute Gasteiger partial charge is 0.383 e. The summed E-state index contributed by atoms with van der Waals surface area (Å²) in [5.41, 5.74) is 6.81. The summed E-state index contributed by atoms with van der Waals surface area (Å²) in [6, 6.07) is 0. The molecule has 0 radical (unpaired) electrons. The van der Waals surface area contributed by atoms with Crippen LogP contribution >= 0.6 is 0 Å². The van der Waals surface area contributed by atoms with E-state index in [2.05, 4.69) is 29.1 Å². The summed E-state index contributed by atoms with van der Waals surface area (Å²) in [6.45, 7) is 6.62. The minimum absolute atomic E-state index is 0.281. The van der Waals surface area contributed by atoms with Crippen LogP contribution in [-0.2, 0) is 9.47 Å². The maximum Gasteiger partial charge on any atom is 0.135 e. The number of nitrogens with zero attached hydrogens (tertiary/aromatic N) is 2. The molecule has 0 atom stereocenters. The number of ether oxygens (including phenoxy) is 2. The molecular formula is C12H22N4O2. The smallest absolute Gasteiger partial charge is 0.135 e. The number of nitrogens with two attached hydrogens (primary N) is 1. The molecule has 18 heavy (non-hydrogen) atoms. The fourth-order valence-electron chi connectivity index (χ4n) is 1.61. The van der Waals surface area contributed by atoms with E-state index in [-0.39, 0.29) is 5.92 Å². The van der Waals surface area contributed by atoms with E-state index in [4.69, 9.17) is 15.2 Å². The van der Waals surface area contributed by atoms with E-state index in [1.165, 1.54) is 6.33 Å². The molecule has 0 spiro atoms. The molecule has 0 aliphatic heterocycles. The first-order valence-electron chi connectivity index (χ1n) is 6.07. The minimum Gasteiger partial charge on any atom is -0.383 e. The Bertz CT molecular complexity index is 358. The normalized spacial score (nSPS) is 10.9. The SMILES string of the molecule is COCCOCCNc1ncnc(N)c1C(C)C. The van der Waals surface area contributed by atoms with Crippen LogP contribution in [0.4, 0.5) is 11.6 Å². The van der Waals surface area contributed by atoms with E-state index in [9.17, 15) is 0 Å². The molecule has 102 valence electrons. The lowest BCUT2D eigenvalue weighted by atomic mass is 10.0. The second kappa shape index (κ2) is 7.84. The van der Waals surface area contributed by atoms with Crippen LogP contribution in [-0.4, -0.2) is 43.4 Å². The van der Waals surface area contributed by atoms with E-state index in [1.54, 1.807) is 7.11 Å². The number of aromatic nitrogens is 2. The van der Waals surface area contributed by atoms with Crippen molar-refractivity contribution in [2.24, 2.45) is 0 Å². The number of nitrogen functional groups attached to an aromatic ring is 1. The molecule has 1 heterocycles. The molecule has 0 saturated heterocycles. The van der Waals surface area contributed by atoms with Crippen LogP contribution in [0.15, 0.2) is 6.33 Å². The summed E-state index contributed by atoms with van der Waals surface area (Å²) in [4.78, 5) is 8.22. The first kappa shape index (κ1) is 14.7. The van der Waals surface area contributed by atoms with Gasteiger partial charge in [-0.05, 0) is 5.92 Å². The summed E-state index contributed by atoms with van der Waals surface area (Å²) >= 11 is 0. The number of anilines is 2. The molecule has 0 fully saturated rings. The zero-order valence-corrected chi connectivity index (χ0v) is 11.3. The maximum atomic E-state index is 5.85. The van der Waals surface area contributed by atoms with Crippen molar-refractivity contribution < 1.29 is 9.47 Å². The maximum absolute atomic E-state index is 5.85. The van der Waals surface area contributed by atoms with Gasteiger partial charge in [-0.1, -0.05) is 13.8 Å². The van der Waals surface area contributed by atoms with Gasteiger partial charge in [0.15, 0.2) is 0 Å². The lowest BCUT2D eigenvalue weighted by molar-refractivity contribution is 0.0759. The second-order valence-electron chi connectivity index (χ2n) is 4.21. The van der Waals surface area contributed by atoms with Gasteiger partial charge in [0.05, 0.1) is 19.8 Å². The van der Waals surface area contributed by atoms with Gasteiger partial charge in [-0.2, -0.15) is 0 Å². The molecule has 0 aliphatic carbocycles. The van der Waals surface area contributed by atoms with Crippen molar-refractivity contribution in [3.05, 3.63) is 11.9 Å². The van der Waals surface area contributed by atoms with Crippen LogP contribution in [0.5, 0.6) is 0 Å². The predicted octanol–water partition coefficient (Wildman–Crippen LogP) is 1.26. The Morgan fingerprint density at radius 3 is 2.72 bits per heavy atom. The lowest BCUT2D eigenvalue weighted by Crippen LogP contribution is -2.15. The molecule has 1 aromatic rings. The van der Waals surface area contributed by atoms with E-state index in [1.807, 2.05) is 0 Å². The van der Waals surface area contributed by atoms with E-state index in [0.717, 1.165) is 11.4 Å². The summed E-state index contributed by atoms with van der Waals surface area (Å²) < 4.78 is 10.3. The predicted molar refractivity (Wildman–Crippen MR) is 71.7 cm³/mol. The zero-order chi connectivity index (χ0) is 13.4. The van der Waals surface area contributed by atoms with Crippen LogP contribution in [0.1, 0.15) is 25.3 Å². The Morgan fingerprint density at radius 2 is 2.06 bits per heavy atom. The molecule has 0 saturated carbocycles. The van der Waals surface area contributed by atoms with Gasteiger partial charge >= 0.3 is 0 Å². The van der Waals surface area contributed by atoms with Crippen molar-refractivity contribution in [2.45, 2.75) is 19.8 Å². The average molecular weight is 254 g/mol. The highest BCUT2D eigenvalue weighted by molar-refractivity contribution is 5.56. The van der Waals surface area contributed by atoms with Crippen LogP contribution in [0.3, 0.4) is 0 Å². The molecule has 0 amide bonds. The van der Waals surface area contributed by atoms with Gasteiger partial charge in [0.2, 0.25) is 0 Å². The van der Waals surface area contributed by atoms with Crippen LogP contribution < -0.4 is 11.1 Å². The van der Waals surface area contributed by atoms with Crippen molar-refractivity contribution in [2.75, 3.05) is 44.5 Å². The molecule has 0 bridgehead atoms. The van der Waals surface area contributed by atoms with Crippen molar-refractivity contribution in [1.82, 2.24) is 9.97 Å². The van der Waals surface area contributed by atoms with Crippen LogP contribution in [0.2, 0.25) is 0 Å². The van der Waals surface area contributed by atoms with Gasteiger partial charge in [-0.25, -0.2) is 9.97 Å². The molecule has 6 nitrogen and oxygen atoms in total. The van der Waals surface area contributed by atoms with Gasteiger partial charge in [0, 0.05) is 19.2 Å². The average Bonchev–Trinajstić information content (AvgIpc) is 2.33. The quantitative estimate of drug-likeness (QED) is 0.680. The van der Waals surface area contributed by atoms with Crippen molar-refractivity contribution in [1.29, 1.82) is 0 Å².